The number of ether oxygens (including phenoxy) is 1. The molecule has 1 aliphatic rings. The molecule has 0 bridgehead atoms. The minimum Gasteiger partial charge on any atom is -0.464 e. The Kier molecular flexibility index (Phi) is 2.82. The van der Waals surface area contributed by atoms with E-state index in [1.54, 1.807) is 13.0 Å². The van der Waals surface area contributed by atoms with Gasteiger partial charge in [-0.05, 0) is 30.7 Å². The summed E-state index contributed by atoms with van der Waals surface area (Å²) in [5, 5.41) is 3.81. The van der Waals surface area contributed by atoms with E-state index >= 15 is 0 Å². The molecule has 0 spiro atoms. The lowest BCUT2D eigenvalue weighted by Crippen LogP contribution is -2.28. The molecule has 0 saturated heterocycles. The normalized spacial score (nSPS) is 18.1. The summed E-state index contributed by atoms with van der Waals surface area (Å²) in [7, 11) is 0. The predicted molar refractivity (Wildman–Crippen MR) is 59.2 cm³/mol. The largest absolute Gasteiger partial charge is 0.464 e. The molecule has 1 aliphatic heterocycles. The maximum absolute atomic E-state index is 11.5. The maximum Gasteiger partial charge on any atom is 0.328 e. The van der Waals surface area contributed by atoms with E-state index in [0.29, 0.717) is 18.1 Å². The molecule has 0 saturated carbocycles. The lowest BCUT2D eigenvalue weighted by atomic mass is 10.1. The Bertz CT molecular complexity index is 392. The van der Waals surface area contributed by atoms with Crippen LogP contribution in [-0.4, -0.2) is 18.6 Å². The first kappa shape index (κ1) is 10.3. The zero-order chi connectivity index (χ0) is 10.8. The van der Waals surface area contributed by atoms with E-state index in [9.17, 15) is 4.79 Å². The second-order valence-corrected chi connectivity index (χ2v) is 3.89. The van der Waals surface area contributed by atoms with E-state index in [1.807, 2.05) is 12.1 Å². The Balaban J connectivity index is 2.12. The fourth-order valence-electron chi connectivity index (χ4n) is 1.72. The van der Waals surface area contributed by atoms with Crippen LogP contribution in [-0.2, 0) is 16.0 Å². The van der Waals surface area contributed by atoms with Crippen LogP contribution in [0.15, 0.2) is 18.2 Å². The third-order valence-corrected chi connectivity index (χ3v) is 2.63. The highest BCUT2D eigenvalue weighted by molar-refractivity contribution is 6.30. The second-order valence-electron chi connectivity index (χ2n) is 3.45. The van der Waals surface area contributed by atoms with Gasteiger partial charge >= 0.3 is 5.97 Å². The Labute approximate surface area is 93.4 Å². The topological polar surface area (TPSA) is 38.3 Å². The summed E-state index contributed by atoms with van der Waals surface area (Å²) in [5.74, 6) is -0.204. The van der Waals surface area contributed by atoms with E-state index < -0.39 is 0 Å². The van der Waals surface area contributed by atoms with Crippen LogP contribution in [0.2, 0.25) is 5.02 Å². The molecular formula is C11H12ClNO2. The van der Waals surface area contributed by atoms with Gasteiger partial charge in [0.1, 0.15) is 6.04 Å². The number of halogens is 1. The van der Waals surface area contributed by atoms with Crippen molar-refractivity contribution in [2.75, 3.05) is 11.9 Å². The van der Waals surface area contributed by atoms with Crippen LogP contribution in [0.1, 0.15) is 12.5 Å². The van der Waals surface area contributed by atoms with Crippen LogP contribution >= 0.6 is 11.6 Å². The fraction of sp³-hybridized carbons (Fsp3) is 0.364. The predicted octanol–water partition coefficient (Wildman–Crippen LogP) is 2.24. The monoisotopic (exact) mass is 225 g/mol. The number of carbonyl (C=O) groups excluding carboxylic acids is 1. The van der Waals surface area contributed by atoms with Crippen LogP contribution in [0.5, 0.6) is 0 Å². The number of rotatable bonds is 2. The molecule has 15 heavy (non-hydrogen) atoms. The van der Waals surface area contributed by atoms with Gasteiger partial charge in [0.05, 0.1) is 6.61 Å². The highest BCUT2D eigenvalue weighted by Gasteiger charge is 2.27. The SMILES string of the molecule is CCOC(=O)[C@@H]1Cc2cc(Cl)ccc2N1. The van der Waals surface area contributed by atoms with Crippen molar-refractivity contribution in [1.29, 1.82) is 0 Å². The minimum absolute atomic E-state index is 0.204. The van der Waals surface area contributed by atoms with E-state index in [-0.39, 0.29) is 12.0 Å². The van der Waals surface area contributed by atoms with Crippen molar-refractivity contribution in [3.05, 3.63) is 28.8 Å². The Morgan fingerprint density at radius 1 is 1.67 bits per heavy atom. The van der Waals surface area contributed by atoms with Crippen molar-refractivity contribution in [2.24, 2.45) is 0 Å². The Hall–Kier alpha value is -1.22. The van der Waals surface area contributed by atoms with Gasteiger partial charge in [-0.1, -0.05) is 11.6 Å². The van der Waals surface area contributed by atoms with Gasteiger partial charge in [-0.15, -0.1) is 0 Å². The van der Waals surface area contributed by atoms with Gasteiger partial charge in [-0.2, -0.15) is 0 Å². The van der Waals surface area contributed by atoms with Gasteiger partial charge in [0.25, 0.3) is 0 Å². The summed E-state index contributed by atoms with van der Waals surface area (Å²) < 4.78 is 4.95. The number of benzene rings is 1. The molecule has 0 aromatic heterocycles. The van der Waals surface area contributed by atoms with Crippen molar-refractivity contribution in [3.63, 3.8) is 0 Å². The van der Waals surface area contributed by atoms with Gasteiger partial charge < -0.3 is 10.1 Å². The molecule has 1 N–H and O–H groups in total. The molecule has 0 fully saturated rings. The summed E-state index contributed by atoms with van der Waals surface area (Å²) in [4.78, 5) is 11.5. The molecule has 0 radical (unpaired) electrons. The number of nitrogens with one attached hydrogen (secondary N) is 1. The quantitative estimate of drug-likeness (QED) is 0.785. The molecule has 0 unspecified atom stereocenters. The van der Waals surface area contributed by atoms with E-state index in [1.165, 1.54) is 0 Å². The molecule has 1 aromatic rings. The Morgan fingerprint density at radius 3 is 3.20 bits per heavy atom. The highest BCUT2D eigenvalue weighted by Crippen LogP contribution is 2.28. The molecule has 3 nitrogen and oxygen atoms in total. The van der Waals surface area contributed by atoms with Gasteiger partial charge in [0.2, 0.25) is 0 Å². The van der Waals surface area contributed by atoms with Crippen molar-refractivity contribution < 1.29 is 9.53 Å². The molecule has 1 heterocycles. The van der Waals surface area contributed by atoms with Crippen molar-refractivity contribution >= 4 is 23.3 Å². The standard InChI is InChI=1S/C11H12ClNO2/c1-2-15-11(14)10-6-7-5-8(12)3-4-9(7)13-10/h3-5,10,13H,2,6H2,1H3/t10-/m0/s1. The van der Waals surface area contributed by atoms with Crippen LogP contribution in [0.25, 0.3) is 0 Å². The number of esters is 1. The zero-order valence-electron chi connectivity index (χ0n) is 8.42. The molecule has 1 aromatic carbocycles. The summed E-state index contributed by atoms with van der Waals surface area (Å²) in [6, 6.07) is 5.31. The average Bonchev–Trinajstić information content (AvgIpc) is 2.60. The van der Waals surface area contributed by atoms with E-state index in [2.05, 4.69) is 5.32 Å². The fourth-order valence-corrected chi connectivity index (χ4v) is 1.91. The number of hydrogen-bond acceptors (Lipinski definition) is 3. The zero-order valence-corrected chi connectivity index (χ0v) is 9.17. The summed E-state index contributed by atoms with van der Waals surface area (Å²) in [6.07, 6.45) is 0.648. The van der Waals surface area contributed by atoms with Gasteiger partial charge in [-0.25, -0.2) is 4.79 Å². The van der Waals surface area contributed by atoms with Crippen LogP contribution in [0.3, 0.4) is 0 Å². The first-order valence-electron chi connectivity index (χ1n) is 4.92. The lowest BCUT2D eigenvalue weighted by molar-refractivity contribution is -0.143. The lowest BCUT2D eigenvalue weighted by Gasteiger charge is -2.09. The maximum atomic E-state index is 11.5. The van der Waals surface area contributed by atoms with Gasteiger partial charge in [0, 0.05) is 17.1 Å². The van der Waals surface area contributed by atoms with Crippen molar-refractivity contribution in [3.8, 4) is 0 Å². The summed E-state index contributed by atoms with van der Waals surface area (Å²) in [6.45, 7) is 2.21. The second kappa shape index (κ2) is 4.11. The van der Waals surface area contributed by atoms with Crippen molar-refractivity contribution in [2.45, 2.75) is 19.4 Å². The van der Waals surface area contributed by atoms with Crippen molar-refractivity contribution in [1.82, 2.24) is 0 Å². The number of anilines is 1. The van der Waals surface area contributed by atoms with Gasteiger partial charge in [0.15, 0.2) is 0 Å². The number of fused-ring (bicyclic) bond motifs is 1. The molecule has 1 atom stereocenters. The summed E-state index contributed by atoms with van der Waals surface area (Å²) >= 11 is 5.87. The van der Waals surface area contributed by atoms with Crippen LogP contribution in [0.4, 0.5) is 5.69 Å². The van der Waals surface area contributed by atoms with Gasteiger partial charge in [-0.3, -0.25) is 0 Å². The average molecular weight is 226 g/mol. The molecule has 2 rings (SSSR count). The minimum atomic E-state index is -0.265. The van der Waals surface area contributed by atoms with Crippen LogP contribution in [0, 0.1) is 0 Å². The Morgan fingerprint density at radius 2 is 2.47 bits per heavy atom. The third-order valence-electron chi connectivity index (χ3n) is 2.39. The molecule has 0 aliphatic carbocycles. The first-order valence-corrected chi connectivity index (χ1v) is 5.30. The van der Waals surface area contributed by atoms with Crippen LogP contribution < -0.4 is 5.32 Å². The number of carbonyl (C=O) groups is 1. The highest BCUT2D eigenvalue weighted by atomic mass is 35.5. The first-order chi connectivity index (χ1) is 7.20. The van der Waals surface area contributed by atoms with E-state index in [4.69, 9.17) is 16.3 Å². The summed E-state index contributed by atoms with van der Waals surface area (Å²) in [5.41, 5.74) is 2.04. The molecule has 80 valence electrons. The molecule has 0 amide bonds. The third kappa shape index (κ3) is 2.07. The number of hydrogen-bond donors (Lipinski definition) is 1. The molecular weight excluding hydrogens is 214 g/mol. The molecule has 4 heteroatoms. The van der Waals surface area contributed by atoms with E-state index in [0.717, 1.165) is 11.3 Å². The smallest absolute Gasteiger partial charge is 0.328 e.